The number of nitrogens with one attached hydrogen (secondary N) is 1. The second-order valence-corrected chi connectivity index (χ2v) is 7.45. The summed E-state index contributed by atoms with van der Waals surface area (Å²) in [6, 6.07) is 33.8. The third-order valence-electron chi connectivity index (χ3n) is 5.52. The van der Waals surface area contributed by atoms with E-state index < -0.39 is 0 Å². The van der Waals surface area contributed by atoms with E-state index in [0.29, 0.717) is 5.39 Å². The molecule has 31 heavy (non-hydrogen) atoms. The van der Waals surface area contributed by atoms with Gasteiger partial charge in [0, 0.05) is 11.8 Å². The van der Waals surface area contributed by atoms with Crippen LogP contribution in [0, 0.1) is 0 Å². The standard InChI is InChI=1S/C28H21NO2/c1-31-23-14-12-21(13-15-23)25-18-27(30)28-24(20-10-6-3-7-11-20)16-22(17-26(28)29-25)19-8-4-2-5-9-19/h2-18H,1H3,(H,29,30). The SMILES string of the molecule is COc1ccc(-c2cc(=O)c3c(-c4ccccc4)cc(-c4ccccc4)cc3[nH]2)cc1. The van der Waals surface area contributed by atoms with Crippen LogP contribution in [0.4, 0.5) is 0 Å². The maximum Gasteiger partial charge on any atom is 0.190 e. The Hall–Kier alpha value is -4.11. The number of hydrogen-bond acceptors (Lipinski definition) is 2. The van der Waals surface area contributed by atoms with Crippen molar-refractivity contribution in [3.63, 3.8) is 0 Å². The molecule has 0 saturated heterocycles. The Morgan fingerprint density at radius 1 is 0.645 bits per heavy atom. The Kier molecular flexibility index (Phi) is 4.85. The minimum atomic E-state index is -0.00182. The third kappa shape index (κ3) is 3.62. The summed E-state index contributed by atoms with van der Waals surface area (Å²) in [4.78, 5) is 16.8. The van der Waals surface area contributed by atoms with Crippen LogP contribution in [0.3, 0.4) is 0 Å². The second-order valence-electron chi connectivity index (χ2n) is 7.45. The Morgan fingerprint density at radius 3 is 1.94 bits per heavy atom. The Balaban J connectivity index is 1.78. The minimum absolute atomic E-state index is 0.00182. The molecule has 0 spiro atoms. The van der Waals surface area contributed by atoms with Gasteiger partial charge in [0.15, 0.2) is 5.43 Å². The zero-order valence-corrected chi connectivity index (χ0v) is 17.1. The van der Waals surface area contributed by atoms with E-state index in [4.69, 9.17) is 4.74 Å². The van der Waals surface area contributed by atoms with Crippen molar-refractivity contribution >= 4 is 10.9 Å². The molecule has 0 unspecified atom stereocenters. The topological polar surface area (TPSA) is 42.1 Å². The number of H-pyrrole nitrogens is 1. The van der Waals surface area contributed by atoms with Gasteiger partial charge in [0.1, 0.15) is 5.75 Å². The summed E-state index contributed by atoms with van der Waals surface area (Å²) >= 11 is 0. The number of aromatic amines is 1. The van der Waals surface area contributed by atoms with E-state index in [0.717, 1.165) is 44.8 Å². The van der Waals surface area contributed by atoms with E-state index in [1.165, 1.54) is 0 Å². The van der Waals surface area contributed by atoms with Gasteiger partial charge in [-0.05, 0) is 64.2 Å². The molecule has 4 aromatic carbocycles. The predicted molar refractivity (Wildman–Crippen MR) is 127 cm³/mol. The van der Waals surface area contributed by atoms with E-state index >= 15 is 0 Å². The molecule has 0 aliphatic heterocycles. The van der Waals surface area contributed by atoms with Crippen LogP contribution in [0.15, 0.2) is 108 Å². The highest BCUT2D eigenvalue weighted by molar-refractivity contribution is 5.99. The maximum atomic E-state index is 13.3. The number of aromatic nitrogens is 1. The molecule has 0 radical (unpaired) electrons. The molecule has 5 aromatic rings. The zero-order valence-electron chi connectivity index (χ0n) is 17.1. The van der Waals surface area contributed by atoms with Crippen LogP contribution in [0.1, 0.15) is 0 Å². The van der Waals surface area contributed by atoms with Gasteiger partial charge in [-0.15, -0.1) is 0 Å². The van der Waals surface area contributed by atoms with Crippen molar-refractivity contribution in [2.24, 2.45) is 0 Å². The fourth-order valence-electron chi connectivity index (χ4n) is 3.96. The third-order valence-corrected chi connectivity index (χ3v) is 5.52. The largest absolute Gasteiger partial charge is 0.497 e. The van der Waals surface area contributed by atoms with E-state index in [2.05, 4.69) is 29.2 Å². The molecule has 0 fully saturated rings. The summed E-state index contributed by atoms with van der Waals surface area (Å²) in [6.45, 7) is 0. The zero-order chi connectivity index (χ0) is 21.2. The highest BCUT2D eigenvalue weighted by Gasteiger charge is 2.13. The number of ether oxygens (including phenoxy) is 1. The van der Waals surface area contributed by atoms with Crippen molar-refractivity contribution in [3.8, 4) is 39.3 Å². The van der Waals surface area contributed by atoms with Crippen LogP contribution in [0.25, 0.3) is 44.4 Å². The fraction of sp³-hybridized carbons (Fsp3) is 0.0357. The lowest BCUT2D eigenvalue weighted by Crippen LogP contribution is -2.05. The number of rotatable bonds is 4. The Morgan fingerprint density at radius 2 is 1.29 bits per heavy atom. The first kappa shape index (κ1) is 18.9. The molecular formula is C28H21NO2. The lowest BCUT2D eigenvalue weighted by molar-refractivity contribution is 0.415. The van der Waals surface area contributed by atoms with E-state index in [9.17, 15) is 4.79 Å². The van der Waals surface area contributed by atoms with Crippen LogP contribution in [-0.2, 0) is 0 Å². The molecule has 0 aliphatic rings. The van der Waals surface area contributed by atoms with Gasteiger partial charge in [-0.2, -0.15) is 0 Å². The van der Waals surface area contributed by atoms with Crippen LogP contribution in [0.2, 0.25) is 0 Å². The average Bonchev–Trinajstić information content (AvgIpc) is 2.84. The van der Waals surface area contributed by atoms with Gasteiger partial charge in [-0.3, -0.25) is 4.79 Å². The first-order valence-electron chi connectivity index (χ1n) is 10.2. The molecular weight excluding hydrogens is 382 g/mol. The average molecular weight is 403 g/mol. The summed E-state index contributed by atoms with van der Waals surface area (Å²) in [5, 5.41) is 0.697. The first-order chi connectivity index (χ1) is 15.2. The van der Waals surface area contributed by atoms with E-state index in [-0.39, 0.29) is 5.43 Å². The van der Waals surface area contributed by atoms with Crippen LogP contribution < -0.4 is 10.2 Å². The molecule has 0 aliphatic carbocycles. The van der Waals surface area contributed by atoms with Gasteiger partial charge in [-0.25, -0.2) is 0 Å². The lowest BCUT2D eigenvalue weighted by atomic mass is 9.94. The quantitative estimate of drug-likeness (QED) is 0.370. The molecule has 0 amide bonds. The maximum absolute atomic E-state index is 13.3. The number of benzene rings is 4. The summed E-state index contributed by atoms with van der Waals surface area (Å²) in [5.41, 5.74) is 6.66. The van der Waals surface area contributed by atoms with Gasteiger partial charge in [0.05, 0.1) is 18.0 Å². The van der Waals surface area contributed by atoms with Crippen molar-refractivity contribution in [3.05, 3.63) is 113 Å². The fourth-order valence-corrected chi connectivity index (χ4v) is 3.96. The Labute approximate surface area is 180 Å². The summed E-state index contributed by atoms with van der Waals surface area (Å²) < 4.78 is 5.26. The monoisotopic (exact) mass is 403 g/mol. The van der Waals surface area contributed by atoms with Crippen molar-refractivity contribution in [2.45, 2.75) is 0 Å². The highest BCUT2D eigenvalue weighted by atomic mass is 16.5. The minimum Gasteiger partial charge on any atom is -0.497 e. The first-order valence-corrected chi connectivity index (χ1v) is 10.2. The Bertz CT molecular complexity index is 1400. The molecule has 150 valence electrons. The van der Waals surface area contributed by atoms with Gasteiger partial charge in [0.2, 0.25) is 0 Å². The molecule has 1 heterocycles. The molecule has 3 nitrogen and oxygen atoms in total. The van der Waals surface area contributed by atoms with E-state index in [1.807, 2.05) is 72.8 Å². The van der Waals surface area contributed by atoms with Crippen molar-refractivity contribution in [1.82, 2.24) is 4.98 Å². The van der Waals surface area contributed by atoms with Crippen molar-refractivity contribution < 1.29 is 4.74 Å². The number of fused-ring (bicyclic) bond motifs is 1. The molecule has 0 atom stereocenters. The number of hydrogen-bond donors (Lipinski definition) is 1. The van der Waals surface area contributed by atoms with Crippen LogP contribution in [-0.4, -0.2) is 12.1 Å². The number of pyridine rings is 1. The van der Waals surface area contributed by atoms with Crippen LogP contribution >= 0.6 is 0 Å². The normalized spacial score (nSPS) is 10.9. The smallest absolute Gasteiger partial charge is 0.190 e. The predicted octanol–water partition coefficient (Wildman–Crippen LogP) is 6.54. The van der Waals surface area contributed by atoms with Crippen molar-refractivity contribution in [1.29, 1.82) is 0 Å². The van der Waals surface area contributed by atoms with Gasteiger partial charge in [-0.1, -0.05) is 60.7 Å². The van der Waals surface area contributed by atoms with Gasteiger partial charge in [0.25, 0.3) is 0 Å². The summed E-state index contributed by atoms with van der Waals surface area (Å²) in [7, 11) is 1.64. The molecule has 1 aromatic heterocycles. The molecule has 5 rings (SSSR count). The van der Waals surface area contributed by atoms with Crippen molar-refractivity contribution in [2.75, 3.05) is 7.11 Å². The van der Waals surface area contributed by atoms with Gasteiger partial charge >= 0.3 is 0 Å². The number of methoxy groups -OCH3 is 1. The molecule has 0 bridgehead atoms. The molecule has 1 N–H and O–H groups in total. The summed E-state index contributed by atoms with van der Waals surface area (Å²) in [6.07, 6.45) is 0. The van der Waals surface area contributed by atoms with E-state index in [1.54, 1.807) is 13.2 Å². The highest BCUT2D eigenvalue weighted by Crippen LogP contribution is 2.33. The second kappa shape index (κ2) is 7.96. The molecule has 3 heteroatoms. The molecule has 0 saturated carbocycles. The van der Waals surface area contributed by atoms with Crippen LogP contribution in [0.5, 0.6) is 5.75 Å². The lowest BCUT2D eigenvalue weighted by Gasteiger charge is -2.13. The van der Waals surface area contributed by atoms with Gasteiger partial charge < -0.3 is 9.72 Å². The summed E-state index contributed by atoms with van der Waals surface area (Å²) in [5.74, 6) is 0.782.